The van der Waals surface area contributed by atoms with Crippen LogP contribution in [0.4, 0.5) is 18.9 Å². The highest BCUT2D eigenvalue weighted by atomic mass is 35.5. The molecule has 0 aliphatic carbocycles. The highest BCUT2D eigenvalue weighted by molar-refractivity contribution is 7.92. The first-order chi connectivity index (χ1) is 21.7. The number of nitrogens with zero attached hydrogens (tertiary/aromatic N) is 2. The number of halogens is 6. The molecule has 4 aromatic carbocycles. The molecule has 2 amide bonds. The number of hydrogen-bond acceptors (Lipinski definition) is 4. The van der Waals surface area contributed by atoms with Gasteiger partial charge in [0.1, 0.15) is 12.6 Å². The molecule has 46 heavy (non-hydrogen) atoms. The Balaban J connectivity index is 1.86. The summed E-state index contributed by atoms with van der Waals surface area (Å²) in [7, 11) is -3.24. The van der Waals surface area contributed by atoms with Gasteiger partial charge in [-0.2, -0.15) is 13.2 Å². The Morgan fingerprint density at radius 2 is 1.48 bits per heavy atom. The van der Waals surface area contributed by atoms with Crippen LogP contribution in [0.5, 0.6) is 0 Å². The Kier molecular flexibility index (Phi) is 11.3. The molecule has 0 saturated heterocycles. The molecule has 0 aliphatic rings. The van der Waals surface area contributed by atoms with Crippen molar-refractivity contribution in [3.8, 4) is 0 Å². The van der Waals surface area contributed by atoms with Crippen molar-refractivity contribution < 1.29 is 31.2 Å². The first-order valence-electron chi connectivity index (χ1n) is 13.7. The second kappa shape index (κ2) is 14.8. The van der Waals surface area contributed by atoms with Crippen LogP contribution in [-0.2, 0) is 38.8 Å². The molecule has 0 heterocycles. The number of carbonyl (C=O) groups excluding carboxylic acids is 2. The summed E-state index contributed by atoms with van der Waals surface area (Å²) in [5.41, 5.74) is -0.662. The minimum Gasteiger partial charge on any atom is -0.357 e. The van der Waals surface area contributed by atoms with E-state index in [1.165, 1.54) is 43.4 Å². The van der Waals surface area contributed by atoms with Gasteiger partial charge in [-0.05, 0) is 53.6 Å². The minimum atomic E-state index is -4.92. The predicted octanol–water partition coefficient (Wildman–Crippen LogP) is 7.25. The molecule has 0 radical (unpaired) electrons. The van der Waals surface area contributed by atoms with Gasteiger partial charge in [0.05, 0.1) is 21.2 Å². The number of hydrogen-bond donors (Lipinski definition) is 1. The zero-order chi connectivity index (χ0) is 33.6. The van der Waals surface area contributed by atoms with Gasteiger partial charge in [-0.25, -0.2) is 8.42 Å². The lowest BCUT2D eigenvalue weighted by Crippen LogP contribution is -2.53. The number of amides is 2. The van der Waals surface area contributed by atoms with Gasteiger partial charge in [-0.3, -0.25) is 13.9 Å². The molecule has 7 nitrogen and oxygen atoms in total. The molecule has 1 atom stereocenters. The van der Waals surface area contributed by atoms with Crippen molar-refractivity contribution in [3.05, 3.63) is 129 Å². The molecule has 242 valence electrons. The summed E-state index contributed by atoms with van der Waals surface area (Å²) in [4.78, 5) is 28.5. The van der Waals surface area contributed by atoms with Gasteiger partial charge in [0, 0.05) is 30.1 Å². The van der Waals surface area contributed by atoms with Crippen molar-refractivity contribution >= 4 is 62.3 Å². The molecule has 1 N–H and O–H groups in total. The second-order valence-electron chi connectivity index (χ2n) is 10.1. The lowest BCUT2D eigenvalue weighted by Gasteiger charge is -2.34. The lowest BCUT2D eigenvalue weighted by molar-refractivity contribution is -0.139. The Labute approximate surface area is 279 Å². The van der Waals surface area contributed by atoms with Gasteiger partial charge in [-0.15, -0.1) is 0 Å². The number of likely N-dealkylation sites (N-methyl/N-ethyl adjacent to an activating group) is 1. The fraction of sp³-hybridized carbons (Fsp3) is 0.188. The van der Waals surface area contributed by atoms with E-state index < -0.39 is 56.9 Å². The first-order valence-corrected chi connectivity index (χ1v) is 16.2. The third kappa shape index (κ3) is 8.33. The van der Waals surface area contributed by atoms with Crippen molar-refractivity contribution in [2.24, 2.45) is 0 Å². The summed E-state index contributed by atoms with van der Waals surface area (Å²) in [5, 5.41) is 2.40. The van der Waals surface area contributed by atoms with Crippen molar-refractivity contribution in [1.29, 1.82) is 0 Å². The maximum Gasteiger partial charge on any atom is 0.417 e. The van der Waals surface area contributed by atoms with Gasteiger partial charge in [0.2, 0.25) is 11.8 Å². The largest absolute Gasteiger partial charge is 0.417 e. The maximum absolute atomic E-state index is 14.3. The number of rotatable bonds is 11. The van der Waals surface area contributed by atoms with Crippen LogP contribution >= 0.6 is 34.8 Å². The van der Waals surface area contributed by atoms with Gasteiger partial charge in [0.15, 0.2) is 0 Å². The lowest BCUT2D eigenvalue weighted by atomic mass is 10.0. The van der Waals surface area contributed by atoms with Crippen LogP contribution in [0, 0.1) is 0 Å². The summed E-state index contributed by atoms with van der Waals surface area (Å²) in [6.07, 6.45) is -4.89. The third-order valence-corrected chi connectivity index (χ3v) is 9.73. The quantitative estimate of drug-likeness (QED) is 0.178. The average Bonchev–Trinajstić information content (AvgIpc) is 3.02. The molecule has 4 aromatic rings. The molecule has 0 aliphatic heterocycles. The summed E-state index contributed by atoms with van der Waals surface area (Å²) in [6.45, 7) is -1.23. The Morgan fingerprint density at radius 3 is 2.07 bits per heavy atom. The molecular weight excluding hydrogens is 686 g/mol. The molecule has 0 unspecified atom stereocenters. The molecule has 4 rings (SSSR count). The standard InChI is InChI=1S/C32H27Cl3F3N3O4S/c1-39-31(43)29(16-21-8-4-2-5-9-21)40(19-22-12-13-23(33)17-28(22)35)30(42)20-41(46(44,45)25-10-6-3-7-11-25)24-14-15-27(34)26(18-24)32(36,37)38/h2-15,17-18,29H,16,19-20H2,1H3,(H,39,43)/t29-/m0/s1. The van der Waals surface area contributed by atoms with Crippen molar-refractivity contribution in [1.82, 2.24) is 10.2 Å². The van der Waals surface area contributed by atoms with E-state index in [1.807, 2.05) is 0 Å². The topological polar surface area (TPSA) is 86.8 Å². The van der Waals surface area contributed by atoms with E-state index in [-0.39, 0.29) is 22.9 Å². The minimum absolute atomic E-state index is 0.0298. The second-order valence-corrected chi connectivity index (χ2v) is 13.2. The molecule has 14 heteroatoms. The number of nitrogens with one attached hydrogen (secondary N) is 1. The first kappa shape index (κ1) is 35.1. The van der Waals surface area contributed by atoms with Crippen LogP contribution in [0.25, 0.3) is 0 Å². The van der Waals surface area contributed by atoms with E-state index in [4.69, 9.17) is 34.8 Å². The highest BCUT2D eigenvalue weighted by Gasteiger charge is 2.37. The predicted molar refractivity (Wildman–Crippen MR) is 172 cm³/mol. The van der Waals surface area contributed by atoms with Crippen molar-refractivity contribution in [3.63, 3.8) is 0 Å². The van der Waals surface area contributed by atoms with Crippen LogP contribution in [0.2, 0.25) is 15.1 Å². The van der Waals surface area contributed by atoms with Gasteiger partial charge < -0.3 is 10.2 Å². The van der Waals surface area contributed by atoms with E-state index in [0.29, 0.717) is 26.5 Å². The Bertz CT molecular complexity index is 1810. The number of alkyl halides is 3. The van der Waals surface area contributed by atoms with Crippen LogP contribution in [0.1, 0.15) is 16.7 Å². The number of benzene rings is 4. The zero-order valence-electron chi connectivity index (χ0n) is 24.1. The summed E-state index contributed by atoms with van der Waals surface area (Å²) in [5.74, 6) is -1.45. The van der Waals surface area contributed by atoms with Crippen LogP contribution in [0.15, 0.2) is 102 Å². The molecule has 0 fully saturated rings. The fourth-order valence-corrected chi connectivity index (χ4v) is 6.81. The maximum atomic E-state index is 14.3. The SMILES string of the molecule is CNC(=O)[C@H](Cc1ccccc1)N(Cc1ccc(Cl)cc1Cl)C(=O)CN(c1ccc(Cl)c(C(F)(F)F)c1)S(=O)(=O)c1ccccc1. The number of carbonyl (C=O) groups is 2. The molecule has 0 bridgehead atoms. The summed E-state index contributed by atoms with van der Waals surface area (Å²) < 4.78 is 70.1. The van der Waals surface area contributed by atoms with Crippen molar-refractivity contribution in [2.45, 2.75) is 30.1 Å². The van der Waals surface area contributed by atoms with Gasteiger partial charge >= 0.3 is 6.18 Å². The molecule has 0 aromatic heterocycles. The van der Waals surface area contributed by atoms with E-state index in [9.17, 15) is 31.2 Å². The van der Waals surface area contributed by atoms with E-state index in [2.05, 4.69) is 5.32 Å². The van der Waals surface area contributed by atoms with E-state index in [1.54, 1.807) is 42.5 Å². The molecular formula is C32H27Cl3F3N3O4S. The van der Waals surface area contributed by atoms with E-state index >= 15 is 0 Å². The van der Waals surface area contributed by atoms with E-state index in [0.717, 1.165) is 17.0 Å². The van der Waals surface area contributed by atoms with Crippen LogP contribution in [-0.4, -0.2) is 44.8 Å². The number of sulfonamides is 1. The smallest absolute Gasteiger partial charge is 0.357 e. The molecule has 0 saturated carbocycles. The normalized spacial score (nSPS) is 12.3. The summed E-state index contributed by atoms with van der Waals surface area (Å²) >= 11 is 18.3. The highest BCUT2D eigenvalue weighted by Crippen LogP contribution is 2.38. The summed E-state index contributed by atoms with van der Waals surface area (Å²) in [6, 6.07) is 21.7. The van der Waals surface area contributed by atoms with Crippen LogP contribution in [0.3, 0.4) is 0 Å². The molecule has 0 spiro atoms. The van der Waals surface area contributed by atoms with Gasteiger partial charge in [-0.1, -0.05) is 89.4 Å². The zero-order valence-corrected chi connectivity index (χ0v) is 27.2. The monoisotopic (exact) mass is 711 g/mol. The van der Waals surface area contributed by atoms with Crippen molar-refractivity contribution in [2.75, 3.05) is 17.9 Å². The Hall–Kier alpha value is -3.77. The average molecular weight is 713 g/mol. The van der Waals surface area contributed by atoms with Crippen LogP contribution < -0.4 is 9.62 Å². The van der Waals surface area contributed by atoms with Gasteiger partial charge in [0.25, 0.3) is 10.0 Å². The Morgan fingerprint density at radius 1 is 0.848 bits per heavy atom. The fourth-order valence-electron chi connectivity index (χ4n) is 4.69. The third-order valence-electron chi connectivity index (χ3n) is 7.03. The number of anilines is 1.